The fourth-order valence-corrected chi connectivity index (χ4v) is 3.16. The van der Waals surface area contributed by atoms with Crippen LogP contribution in [-0.4, -0.2) is 17.9 Å². The third-order valence-electron chi connectivity index (χ3n) is 2.02. The van der Waals surface area contributed by atoms with E-state index in [1.165, 1.54) is 14.2 Å². The number of hydrogen-bond acceptors (Lipinski definition) is 2. The van der Waals surface area contributed by atoms with Crippen molar-refractivity contribution in [1.82, 2.24) is 4.90 Å². The molecule has 2 nitrogen and oxygen atoms in total. The number of halogens is 1. The van der Waals surface area contributed by atoms with Crippen LogP contribution in [0.3, 0.4) is 0 Å². The topological polar surface area (TPSA) is 20.3 Å². The number of amides is 1. The molecule has 0 spiro atoms. The van der Waals surface area contributed by atoms with Crippen molar-refractivity contribution < 1.29 is 4.79 Å². The fourth-order valence-electron chi connectivity index (χ4n) is 1.41. The molecule has 1 aliphatic heterocycles. The largest absolute Gasteiger partial charge is 0.341 e. The van der Waals surface area contributed by atoms with Crippen LogP contribution in [0.25, 0.3) is 0 Å². The SMILES string of the molecule is O=CN1CCc2sc(Br)cc2C1. The van der Waals surface area contributed by atoms with Crippen LogP contribution < -0.4 is 0 Å². The van der Waals surface area contributed by atoms with Gasteiger partial charge in [0, 0.05) is 18.0 Å². The molecule has 2 rings (SSSR count). The lowest BCUT2D eigenvalue weighted by Gasteiger charge is -2.22. The van der Waals surface area contributed by atoms with E-state index < -0.39 is 0 Å². The van der Waals surface area contributed by atoms with E-state index in [1.54, 1.807) is 11.3 Å². The first kappa shape index (κ1) is 8.26. The molecule has 4 heteroatoms. The van der Waals surface area contributed by atoms with E-state index in [2.05, 4.69) is 22.0 Å². The summed E-state index contributed by atoms with van der Waals surface area (Å²) in [6, 6.07) is 2.11. The van der Waals surface area contributed by atoms with Crippen LogP contribution in [0, 0.1) is 0 Å². The highest BCUT2D eigenvalue weighted by Gasteiger charge is 2.16. The van der Waals surface area contributed by atoms with Crippen molar-refractivity contribution in [3.8, 4) is 0 Å². The minimum absolute atomic E-state index is 0.779. The molecule has 1 aliphatic rings. The second kappa shape index (κ2) is 3.18. The molecular formula is C8H8BrNOS. The average molecular weight is 246 g/mol. The van der Waals surface area contributed by atoms with Gasteiger partial charge in [-0.1, -0.05) is 0 Å². The molecule has 1 aromatic heterocycles. The van der Waals surface area contributed by atoms with E-state index in [1.807, 2.05) is 4.90 Å². The lowest BCUT2D eigenvalue weighted by molar-refractivity contribution is -0.118. The van der Waals surface area contributed by atoms with E-state index in [-0.39, 0.29) is 0 Å². The molecule has 0 N–H and O–H groups in total. The molecule has 64 valence electrons. The summed E-state index contributed by atoms with van der Waals surface area (Å²) < 4.78 is 1.17. The van der Waals surface area contributed by atoms with Crippen molar-refractivity contribution in [2.24, 2.45) is 0 Å². The van der Waals surface area contributed by atoms with Crippen LogP contribution in [0.15, 0.2) is 9.85 Å². The summed E-state index contributed by atoms with van der Waals surface area (Å²) in [6.07, 6.45) is 1.93. The highest BCUT2D eigenvalue weighted by Crippen LogP contribution is 2.30. The Labute approximate surface area is 83.3 Å². The Morgan fingerprint density at radius 2 is 2.50 bits per heavy atom. The van der Waals surface area contributed by atoms with Crippen molar-refractivity contribution in [3.63, 3.8) is 0 Å². The van der Waals surface area contributed by atoms with Gasteiger partial charge in [0.2, 0.25) is 6.41 Å². The van der Waals surface area contributed by atoms with Gasteiger partial charge >= 0.3 is 0 Å². The summed E-state index contributed by atoms with van der Waals surface area (Å²) in [5.74, 6) is 0. The summed E-state index contributed by atoms with van der Waals surface area (Å²) in [4.78, 5) is 13.7. The van der Waals surface area contributed by atoms with Crippen molar-refractivity contribution in [3.05, 3.63) is 20.3 Å². The van der Waals surface area contributed by atoms with Crippen LogP contribution >= 0.6 is 27.3 Å². The van der Waals surface area contributed by atoms with E-state index >= 15 is 0 Å². The Morgan fingerprint density at radius 1 is 1.67 bits per heavy atom. The predicted octanol–water partition coefficient (Wildman–Crippen LogP) is 2.03. The van der Waals surface area contributed by atoms with Gasteiger partial charge in [-0.15, -0.1) is 11.3 Å². The molecule has 0 radical (unpaired) electrons. The van der Waals surface area contributed by atoms with Crippen molar-refractivity contribution >= 4 is 33.7 Å². The van der Waals surface area contributed by atoms with Gasteiger partial charge in [-0.25, -0.2) is 0 Å². The Kier molecular flexibility index (Phi) is 2.19. The van der Waals surface area contributed by atoms with Gasteiger partial charge in [-0.05, 0) is 34.0 Å². The maximum Gasteiger partial charge on any atom is 0.210 e. The molecule has 0 saturated carbocycles. The molecular weight excluding hydrogens is 238 g/mol. The van der Waals surface area contributed by atoms with Crippen molar-refractivity contribution in [2.45, 2.75) is 13.0 Å². The maximum absolute atomic E-state index is 10.5. The molecule has 1 amide bonds. The van der Waals surface area contributed by atoms with Gasteiger partial charge in [-0.2, -0.15) is 0 Å². The first-order valence-corrected chi connectivity index (χ1v) is 5.37. The Hall–Kier alpha value is -0.350. The smallest absolute Gasteiger partial charge is 0.210 e. The zero-order valence-electron chi connectivity index (χ0n) is 6.42. The van der Waals surface area contributed by atoms with E-state index in [0.717, 1.165) is 25.9 Å². The third kappa shape index (κ3) is 1.41. The number of thiophene rings is 1. The Balaban J connectivity index is 2.28. The highest BCUT2D eigenvalue weighted by molar-refractivity contribution is 9.11. The standard InChI is InChI=1S/C8H8BrNOS/c9-8-3-6-4-10(5-11)2-1-7(6)12-8/h3,5H,1-2,4H2. The van der Waals surface area contributed by atoms with Gasteiger partial charge in [0.25, 0.3) is 0 Å². The zero-order valence-corrected chi connectivity index (χ0v) is 8.82. The molecule has 0 fully saturated rings. The minimum Gasteiger partial charge on any atom is -0.341 e. The number of carbonyl (C=O) groups excluding carboxylic acids is 1. The monoisotopic (exact) mass is 245 g/mol. The van der Waals surface area contributed by atoms with Crippen LogP contribution in [0.1, 0.15) is 10.4 Å². The number of fused-ring (bicyclic) bond motifs is 1. The average Bonchev–Trinajstić information content (AvgIpc) is 2.43. The lowest BCUT2D eigenvalue weighted by Crippen LogP contribution is -2.27. The van der Waals surface area contributed by atoms with Gasteiger partial charge < -0.3 is 4.90 Å². The summed E-state index contributed by atoms with van der Waals surface area (Å²) in [5.41, 5.74) is 1.30. The maximum atomic E-state index is 10.5. The van der Waals surface area contributed by atoms with Gasteiger partial charge in [0.1, 0.15) is 0 Å². The normalized spacial score (nSPS) is 15.9. The Bertz CT molecular complexity index is 310. The van der Waals surface area contributed by atoms with E-state index in [9.17, 15) is 4.79 Å². The Morgan fingerprint density at radius 3 is 3.25 bits per heavy atom. The quantitative estimate of drug-likeness (QED) is 0.694. The van der Waals surface area contributed by atoms with Crippen molar-refractivity contribution in [2.75, 3.05) is 6.54 Å². The van der Waals surface area contributed by atoms with Gasteiger partial charge in [-0.3, -0.25) is 4.79 Å². The van der Waals surface area contributed by atoms with Crippen LogP contribution in [0.4, 0.5) is 0 Å². The fraction of sp³-hybridized carbons (Fsp3) is 0.375. The molecule has 12 heavy (non-hydrogen) atoms. The summed E-state index contributed by atoms with van der Waals surface area (Å²) in [7, 11) is 0. The van der Waals surface area contributed by atoms with Gasteiger partial charge in [0.05, 0.1) is 3.79 Å². The molecule has 0 saturated heterocycles. The molecule has 0 aromatic carbocycles. The summed E-state index contributed by atoms with van der Waals surface area (Å²) in [6.45, 7) is 1.64. The number of nitrogens with zero attached hydrogens (tertiary/aromatic N) is 1. The predicted molar refractivity (Wildman–Crippen MR) is 52.2 cm³/mol. The second-order valence-electron chi connectivity index (χ2n) is 2.82. The zero-order chi connectivity index (χ0) is 8.55. The van der Waals surface area contributed by atoms with Crippen LogP contribution in [-0.2, 0) is 17.8 Å². The number of carbonyl (C=O) groups is 1. The summed E-state index contributed by atoms with van der Waals surface area (Å²) in [5, 5.41) is 0. The minimum atomic E-state index is 0.779. The third-order valence-corrected chi connectivity index (χ3v) is 3.76. The van der Waals surface area contributed by atoms with Gasteiger partial charge in [0.15, 0.2) is 0 Å². The molecule has 0 bridgehead atoms. The highest BCUT2D eigenvalue weighted by atomic mass is 79.9. The summed E-state index contributed by atoms with van der Waals surface area (Å²) >= 11 is 5.22. The number of hydrogen-bond donors (Lipinski definition) is 0. The first-order valence-electron chi connectivity index (χ1n) is 3.76. The van der Waals surface area contributed by atoms with Crippen LogP contribution in [0.2, 0.25) is 0 Å². The lowest BCUT2D eigenvalue weighted by atomic mass is 10.1. The molecule has 0 aliphatic carbocycles. The molecule has 2 heterocycles. The van der Waals surface area contributed by atoms with Crippen LogP contribution in [0.5, 0.6) is 0 Å². The van der Waals surface area contributed by atoms with E-state index in [0.29, 0.717) is 0 Å². The number of rotatable bonds is 1. The first-order chi connectivity index (χ1) is 5.79. The van der Waals surface area contributed by atoms with E-state index in [4.69, 9.17) is 0 Å². The molecule has 0 atom stereocenters. The molecule has 1 aromatic rings. The van der Waals surface area contributed by atoms with Crippen molar-refractivity contribution in [1.29, 1.82) is 0 Å². The molecule has 0 unspecified atom stereocenters. The second-order valence-corrected chi connectivity index (χ2v) is 5.34.